The molecule has 0 fully saturated rings. The van der Waals surface area contributed by atoms with Gasteiger partial charge in [0, 0.05) is 26.3 Å². The van der Waals surface area contributed by atoms with Gasteiger partial charge in [0.2, 0.25) is 0 Å². The number of aryl methyl sites for hydroxylation is 1. The molecule has 1 N–H and O–H groups in total. The maximum Gasteiger partial charge on any atom is 0.174 e. The highest BCUT2D eigenvalue weighted by atomic mass is 16.3. The van der Waals surface area contributed by atoms with Crippen LogP contribution in [-0.4, -0.2) is 34.0 Å². The van der Waals surface area contributed by atoms with E-state index in [0.29, 0.717) is 23.8 Å². The number of anilines is 1. The van der Waals surface area contributed by atoms with Gasteiger partial charge in [-0.1, -0.05) is 30.3 Å². The van der Waals surface area contributed by atoms with Crippen molar-refractivity contribution in [2.24, 2.45) is 0 Å². The SMILES string of the molecule is CCn1nc(/C=C/c2ccc(N(C)C)cc2)nc1-c1ccccc1O. The Balaban J connectivity index is 1.87. The fourth-order valence-corrected chi connectivity index (χ4v) is 2.57. The molecule has 0 saturated carbocycles. The van der Waals surface area contributed by atoms with E-state index < -0.39 is 0 Å². The van der Waals surface area contributed by atoms with Crippen molar-refractivity contribution in [3.63, 3.8) is 0 Å². The van der Waals surface area contributed by atoms with Gasteiger partial charge in [-0.3, -0.25) is 0 Å². The van der Waals surface area contributed by atoms with Gasteiger partial charge in [-0.2, -0.15) is 5.10 Å². The minimum Gasteiger partial charge on any atom is -0.507 e. The van der Waals surface area contributed by atoms with Crippen LogP contribution in [0.1, 0.15) is 18.3 Å². The average molecular weight is 334 g/mol. The quantitative estimate of drug-likeness (QED) is 0.769. The summed E-state index contributed by atoms with van der Waals surface area (Å²) in [5.74, 6) is 1.50. The highest BCUT2D eigenvalue weighted by molar-refractivity contribution is 5.70. The Morgan fingerprint density at radius 2 is 1.76 bits per heavy atom. The van der Waals surface area contributed by atoms with E-state index in [1.165, 1.54) is 0 Å². The van der Waals surface area contributed by atoms with Crippen molar-refractivity contribution in [1.82, 2.24) is 14.8 Å². The van der Waals surface area contributed by atoms with E-state index in [9.17, 15) is 5.11 Å². The van der Waals surface area contributed by atoms with E-state index in [-0.39, 0.29) is 5.75 Å². The number of phenols is 1. The van der Waals surface area contributed by atoms with Gasteiger partial charge in [0.05, 0.1) is 5.56 Å². The molecule has 0 aliphatic heterocycles. The normalized spacial score (nSPS) is 11.2. The molecule has 0 bridgehead atoms. The highest BCUT2D eigenvalue weighted by Gasteiger charge is 2.12. The van der Waals surface area contributed by atoms with Gasteiger partial charge >= 0.3 is 0 Å². The van der Waals surface area contributed by atoms with Crippen molar-refractivity contribution in [3.8, 4) is 17.1 Å². The molecule has 128 valence electrons. The van der Waals surface area contributed by atoms with Gasteiger partial charge < -0.3 is 10.0 Å². The second kappa shape index (κ2) is 7.21. The molecule has 25 heavy (non-hydrogen) atoms. The molecule has 0 saturated heterocycles. The summed E-state index contributed by atoms with van der Waals surface area (Å²) in [5, 5.41) is 14.6. The maximum atomic E-state index is 10.1. The molecule has 5 nitrogen and oxygen atoms in total. The lowest BCUT2D eigenvalue weighted by molar-refractivity contribution is 0.476. The second-order valence-corrected chi connectivity index (χ2v) is 5.95. The largest absolute Gasteiger partial charge is 0.507 e. The van der Waals surface area contributed by atoms with Crippen molar-refractivity contribution < 1.29 is 5.11 Å². The van der Waals surface area contributed by atoms with E-state index in [0.717, 1.165) is 11.3 Å². The molecule has 3 aromatic rings. The number of rotatable bonds is 5. The lowest BCUT2D eigenvalue weighted by Gasteiger charge is -2.11. The first-order valence-electron chi connectivity index (χ1n) is 8.27. The van der Waals surface area contributed by atoms with Crippen molar-refractivity contribution in [1.29, 1.82) is 0 Å². The number of aromatic hydroxyl groups is 1. The van der Waals surface area contributed by atoms with Crippen LogP contribution in [0, 0.1) is 0 Å². The Hall–Kier alpha value is -3.08. The fourth-order valence-electron chi connectivity index (χ4n) is 2.57. The molecule has 3 rings (SSSR count). The molecular formula is C20H22N4O. The van der Waals surface area contributed by atoms with Crippen molar-refractivity contribution in [2.75, 3.05) is 19.0 Å². The third kappa shape index (κ3) is 3.71. The van der Waals surface area contributed by atoms with Crippen LogP contribution in [0.15, 0.2) is 48.5 Å². The molecule has 0 aliphatic carbocycles. The summed E-state index contributed by atoms with van der Waals surface area (Å²) in [6.07, 6.45) is 3.88. The molecule has 0 spiro atoms. The highest BCUT2D eigenvalue weighted by Crippen LogP contribution is 2.27. The van der Waals surface area contributed by atoms with Gasteiger partial charge in [0.15, 0.2) is 11.6 Å². The Labute approximate surface area is 147 Å². The summed E-state index contributed by atoms with van der Waals surface area (Å²) in [7, 11) is 4.04. The van der Waals surface area contributed by atoms with Gasteiger partial charge in [-0.15, -0.1) is 0 Å². The van der Waals surface area contributed by atoms with E-state index in [1.54, 1.807) is 16.8 Å². The lowest BCUT2D eigenvalue weighted by Crippen LogP contribution is -2.07. The summed E-state index contributed by atoms with van der Waals surface area (Å²) >= 11 is 0. The molecule has 0 radical (unpaired) electrons. The van der Waals surface area contributed by atoms with Crippen LogP contribution < -0.4 is 4.90 Å². The summed E-state index contributed by atoms with van der Waals surface area (Å²) in [6, 6.07) is 15.5. The summed E-state index contributed by atoms with van der Waals surface area (Å²) in [5.41, 5.74) is 2.93. The monoisotopic (exact) mass is 334 g/mol. The third-order valence-corrected chi connectivity index (χ3v) is 3.97. The van der Waals surface area contributed by atoms with Crippen LogP contribution in [-0.2, 0) is 6.54 Å². The first-order chi connectivity index (χ1) is 12.1. The third-order valence-electron chi connectivity index (χ3n) is 3.97. The number of phenolic OH excluding ortho intramolecular Hbond substituents is 1. The van der Waals surface area contributed by atoms with Crippen LogP contribution in [0.4, 0.5) is 5.69 Å². The molecule has 5 heteroatoms. The molecule has 0 unspecified atom stereocenters. The maximum absolute atomic E-state index is 10.1. The van der Waals surface area contributed by atoms with Crippen LogP contribution >= 0.6 is 0 Å². The minimum atomic E-state index is 0.208. The Morgan fingerprint density at radius 3 is 2.40 bits per heavy atom. The number of nitrogens with zero attached hydrogens (tertiary/aromatic N) is 4. The number of hydrogen-bond donors (Lipinski definition) is 1. The van der Waals surface area contributed by atoms with Crippen molar-refractivity contribution in [3.05, 3.63) is 59.9 Å². The second-order valence-electron chi connectivity index (χ2n) is 5.95. The number of benzene rings is 2. The van der Waals surface area contributed by atoms with Gasteiger partial charge in [-0.05, 0) is 42.8 Å². The van der Waals surface area contributed by atoms with Crippen LogP contribution in [0.2, 0.25) is 0 Å². The van der Waals surface area contributed by atoms with Crippen molar-refractivity contribution in [2.45, 2.75) is 13.5 Å². The topological polar surface area (TPSA) is 54.2 Å². The predicted octanol–water partition coefficient (Wildman–Crippen LogP) is 3.91. The van der Waals surface area contributed by atoms with Crippen molar-refractivity contribution >= 4 is 17.8 Å². The molecule has 1 heterocycles. The van der Waals surface area contributed by atoms with Gasteiger partial charge in [0.25, 0.3) is 0 Å². The molecule has 0 atom stereocenters. The van der Waals surface area contributed by atoms with Crippen LogP contribution in [0.25, 0.3) is 23.5 Å². The molecular weight excluding hydrogens is 312 g/mol. The predicted molar refractivity (Wildman–Crippen MR) is 102 cm³/mol. The fraction of sp³-hybridized carbons (Fsp3) is 0.200. The van der Waals surface area contributed by atoms with Gasteiger partial charge in [-0.25, -0.2) is 9.67 Å². The average Bonchev–Trinajstić information content (AvgIpc) is 3.04. The summed E-state index contributed by atoms with van der Waals surface area (Å²) < 4.78 is 1.80. The Bertz CT molecular complexity index is 879. The first-order valence-corrected chi connectivity index (χ1v) is 8.27. The Kier molecular flexibility index (Phi) is 4.84. The lowest BCUT2D eigenvalue weighted by atomic mass is 10.2. The van der Waals surface area contributed by atoms with E-state index >= 15 is 0 Å². The number of hydrogen-bond acceptors (Lipinski definition) is 4. The van der Waals surface area contributed by atoms with E-state index in [4.69, 9.17) is 0 Å². The minimum absolute atomic E-state index is 0.208. The first kappa shape index (κ1) is 16.8. The number of para-hydroxylation sites is 1. The molecule has 1 aromatic heterocycles. The molecule has 0 aliphatic rings. The van der Waals surface area contributed by atoms with Gasteiger partial charge in [0.1, 0.15) is 5.75 Å². The molecule has 0 amide bonds. The smallest absolute Gasteiger partial charge is 0.174 e. The van der Waals surface area contributed by atoms with Crippen LogP contribution in [0.3, 0.4) is 0 Å². The summed E-state index contributed by atoms with van der Waals surface area (Å²) in [6.45, 7) is 2.69. The molecule has 2 aromatic carbocycles. The zero-order valence-corrected chi connectivity index (χ0v) is 14.7. The Morgan fingerprint density at radius 1 is 1.04 bits per heavy atom. The van der Waals surface area contributed by atoms with E-state index in [1.807, 2.05) is 45.3 Å². The van der Waals surface area contributed by atoms with E-state index in [2.05, 4.69) is 39.2 Å². The van der Waals surface area contributed by atoms with Crippen LogP contribution in [0.5, 0.6) is 5.75 Å². The zero-order valence-electron chi connectivity index (χ0n) is 14.7. The number of aromatic nitrogens is 3. The summed E-state index contributed by atoms with van der Waals surface area (Å²) in [4.78, 5) is 6.64. The standard InChI is InChI=1S/C20H22N4O/c1-4-24-20(17-7-5-6-8-18(17)25)21-19(22-24)14-11-15-9-12-16(13-10-15)23(2)3/h5-14,25H,4H2,1-3H3/b14-11+. The zero-order chi connectivity index (χ0) is 17.8.